The Hall–Kier alpha value is -1.62. The molecule has 0 aliphatic heterocycles. The first-order valence-corrected chi connectivity index (χ1v) is 4.74. The topological polar surface area (TPSA) is 52.7 Å². The fraction of sp³-hybridized carbons (Fsp3) is 0.400. The molecule has 0 saturated carbocycles. The molecule has 15 heavy (non-hydrogen) atoms. The van der Waals surface area contributed by atoms with Gasteiger partial charge in [0, 0.05) is 13.1 Å². The van der Waals surface area contributed by atoms with Crippen molar-refractivity contribution in [3.8, 4) is 0 Å². The Morgan fingerprint density at radius 2 is 1.40 bits per heavy atom. The van der Waals surface area contributed by atoms with Crippen LogP contribution in [-0.2, 0) is 9.59 Å². The molecule has 5 heteroatoms. The van der Waals surface area contributed by atoms with Gasteiger partial charge in [0.25, 0.3) is 11.8 Å². The number of hydrazine groups is 2. The van der Waals surface area contributed by atoms with Gasteiger partial charge in [0.05, 0.1) is 0 Å². The minimum atomic E-state index is -0.284. The summed E-state index contributed by atoms with van der Waals surface area (Å²) in [6.07, 6.45) is 2.37. The minimum Gasteiger partial charge on any atom is -0.268 e. The standard InChI is InChI=1S/C10H17N3O2/c1-5-9(14)12(7-3)11-13(8-4)10(15)6-2/h5-6,11H,1-2,7-8H2,3-4H3. The summed E-state index contributed by atoms with van der Waals surface area (Å²) in [6, 6.07) is 0. The first-order chi connectivity index (χ1) is 7.10. The third-order valence-electron chi connectivity index (χ3n) is 1.76. The third-order valence-corrected chi connectivity index (χ3v) is 1.76. The maximum absolute atomic E-state index is 11.3. The first kappa shape index (κ1) is 13.4. The van der Waals surface area contributed by atoms with E-state index in [1.165, 1.54) is 22.2 Å². The van der Waals surface area contributed by atoms with Gasteiger partial charge in [-0.05, 0) is 26.0 Å². The van der Waals surface area contributed by atoms with Crippen LogP contribution in [0.2, 0.25) is 0 Å². The van der Waals surface area contributed by atoms with Crippen LogP contribution >= 0.6 is 0 Å². The molecule has 5 nitrogen and oxygen atoms in total. The van der Waals surface area contributed by atoms with Crippen LogP contribution in [0, 0.1) is 0 Å². The van der Waals surface area contributed by atoms with Crippen molar-refractivity contribution in [3.63, 3.8) is 0 Å². The lowest BCUT2D eigenvalue weighted by Crippen LogP contribution is -2.53. The third kappa shape index (κ3) is 3.95. The summed E-state index contributed by atoms with van der Waals surface area (Å²) in [7, 11) is 0. The summed E-state index contributed by atoms with van der Waals surface area (Å²) < 4.78 is 0. The van der Waals surface area contributed by atoms with E-state index in [1.807, 2.05) is 0 Å². The van der Waals surface area contributed by atoms with Crippen LogP contribution in [0.5, 0.6) is 0 Å². The lowest BCUT2D eigenvalue weighted by molar-refractivity contribution is -0.142. The summed E-state index contributed by atoms with van der Waals surface area (Å²) in [5.74, 6) is -0.569. The second-order valence-corrected chi connectivity index (χ2v) is 2.67. The lowest BCUT2D eigenvalue weighted by Gasteiger charge is -2.28. The normalized spacial score (nSPS) is 9.20. The zero-order valence-electron chi connectivity index (χ0n) is 9.19. The van der Waals surface area contributed by atoms with Crippen LogP contribution in [0.4, 0.5) is 0 Å². The number of rotatable bonds is 6. The molecule has 0 heterocycles. The quantitative estimate of drug-likeness (QED) is 0.513. The Morgan fingerprint density at radius 3 is 1.60 bits per heavy atom. The van der Waals surface area contributed by atoms with Gasteiger partial charge in [-0.1, -0.05) is 13.2 Å². The molecule has 1 N–H and O–H groups in total. The number of hydrogen-bond donors (Lipinski definition) is 1. The van der Waals surface area contributed by atoms with E-state index >= 15 is 0 Å². The van der Waals surface area contributed by atoms with Gasteiger partial charge in [0.2, 0.25) is 0 Å². The van der Waals surface area contributed by atoms with Crippen LogP contribution < -0.4 is 5.53 Å². The Balaban J connectivity index is 4.49. The van der Waals surface area contributed by atoms with E-state index in [2.05, 4.69) is 18.7 Å². The van der Waals surface area contributed by atoms with E-state index in [4.69, 9.17) is 0 Å². The fourth-order valence-electron chi connectivity index (χ4n) is 0.918. The van der Waals surface area contributed by atoms with Crippen molar-refractivity contribution in [3.05, 3.63) is 25.3 Å². The van der Waals surface area contributed by atoms with Crippen molar-refractivity contribution in [2.75, 3.05) is 13.1 Å². The lowest BCUT2D eigenvalue weighted by atomic mass is 10.5. The van der Waals surface area contributed by atoms with Crippen LogP contribution in [0.25, 0.3) is 0 Å². The molecule has 0 aliphatic rings. The van der Waals surface area contributed by atoms with Crippen molar-refractivity contribution >= 4 is 11.8 Å². The zero-order chi connectivity index (χ0) is 11.8. The van der Waals surface area contributed by atoms with Crippen LogP contribution in [0.1, 0.15) is 13.8 Å². The van der Waals surface area contributed by atoms with Crippen molar-refractivity contribution in [2.24, 2.45) is 0 Å². The second-order valence-electron chi connectivity index (χ2n) is 2.67. The van der Waals surface area contributed by atoms with E-state index in [0.29, 0.717) is 13.1 Å². The summed E-state index contributed by atoms with van der Waals surface area (Å²) in [5, 5.41) is 2.58. The van der Waals surface area contributed by atoms with Gasteiger partial charge in [-0.2, -0.15) is 0 Å². The van der Waals surface area contributed by atoms with E-state index in [0.717, 1.165) is 0 Å². The molecule has 0 atom stereocenters. The van der Waals surface area contributed by atoms with Gasteiger partial charge >= 0.3 is 0 Å². The van der Waals surface area contributed by atoms with Gasteiger partial charge in [0.15, 0.2) is 0 Å². The van der Waals surface area contributed by atoms with Crippen molar-refractivity contribution in [2.45, 2.75) is 13.8 Å². The molecule has 0 rings (SSSR count). The highest BCUT2D eigenvalue weighted by atomic mass is 16.2. The Kier molecular flexibility index (Phi) is 6.05. The van der Waals surface area contributed by atoms with Crippen LogP contribution in [0.15, 0.2) is 25.3 Å². The van der Waals surface area contributed by atoms with E-state index in [9.17, 15) is 9.59 Å². The summed E-state index contributed by atoms with van der Waals surface area (Å²) in [5.41, 5.74) is 2.68. The SMILES string of the molecule is C=CC(=O)N(CC)NN(CC)C(=O)C=C. The highest BCUT2D eigenvalue weighted by molar-refractivity contribution is 5.88. The number of amides is 2. The highest BCUT2D eigenvalue weighted by Gasteiger charge is 2.13. The molecule has 0 bridgehead atoms. The molecular formula is C10H17N3O2. The molecule has 0 aromatic heterocycles. The van der Waals surface area contributed by atoms with Gasteiger partial charge in [-0.25, -0.2) is 0 Å². The minimum absolute atomic E-state index is 0.284. The highest BCUT2D eigenvalue weighted by Crippen LogP contribution is 1.91. The molecule has 0 aromatic carbocycles. The second kappa shape index (κ2) is 6.78. The van der Waals surface area contributed by atoms with Crippen LogP contribution in [0.3, 0.4) is 0 Å². The monoisotopic (exact) mass is 211 g/mol. The molecule has 0 radical (unpaired) electrons. The molecular weight excluding hydrogens is 194 g/mol. The predicted octanol–water partition coefficient (Wildman–Crippen LogP) is 0.475. The average Bonchev–Trinajstić information content (AvgIpc) is 2.28. The van der Waals surface area contributed by atoms with Crippen molar-refractivity contribution in [1.82, 2.24) is 15.6 Å². The summed E-state index contributed by atoms with van der Waals surface area (Å²) >= 11 is 0. The molecule has 2 amide bonds. The zero-order valence-corrected chi connectivity index (χ0v) is 9.19. The Morgan fingerprint density at radius 1 is 1.07 bits per heavy atom. The summed E-state index contributed by atoms with van der Waals surface area (Å²) in [4.78, 5) is 22.6. The van der Waals surface area contributed by atoms with Crippen molar-refractivity contribution < 1.29 is 9.59 Å². The van der Waals surface area contributed by atoms with E-state index in [-0.39, 0.29) is 11.8 Å². The van der Waals surface area contributed by atoms with Crippen molar-refractivity contribution in [1.29, 1.82) is 0 Å². The number of likely N-dealkylation sites (N-methyl/N-ethyl adjacent to an activating group) is 2. The Labute approximate surface area is 90.0 Å². The largest absolute Gasteiger partial charge is 0.268 e. The fourth-order valence-corrected chi connectivity index (χ4v) is 0.918. The molecule has 0 saturated heterocycles. The number of carbonyl (C=O) groups is 2. The molecule has 0 spiro atoms. The van der Waals surface area contributed by atoms with Crippen LogP contribution in [-0.4, -0.2) is 34.9 Å². The van der Waals surface area contributed by atoms with Gasteiger partial charge in [-0.3, -0.25) is 19.6 Å². The smallest absolute Gasteiger partial charge is 0.261 e. The molecule has 0 aliphatic carbocycles. The average molecular weight is 211 g/mol. The molecule has 84 valence electrons. The summed E-state index contributed by atoms with van der Waals surface area (Å²) in [6.45, 7) is 11.2. The number of carbonyl (C=O) groups excluding carboxylic acids is 2. The van der Waals surface area contributed by atoms with Gasteiger partial charge in [-0.15, -0.1) is 5.53 Å². The maximum atomic E-state index is 11.3. The van der Waals surface area contributed by atoms with Gasteiger partial charge < -0.3 is 0 Å². The Bertz CT molecular complexity index is 237. The molecule has 0 unspecified atom stereocenters. The number of nitrogens with one attached hydrogen (secondary N) is 1. The first-order valence-electron chi connectivity index (χ1n) is 4.74. The molecule has 0 fully saturated rings. The van der Waals surface area contributed by atoms with E-state index < -0.39 is 0 Å². The number of hydrogen-bond acceptors (Lipinski definition) is 3. The predicted molar refractivity (Wildman–Crippen MR) is 58.3 cm³/mol. The van der Waals surface area contributed by atoms with E-state index in [1.54, 1.807) is 13.8 Å². The van der Waals surface area contributed by atoms with Gasteiger partial charge in [0.1, 0.15) is 0 Å². The molecule has 0 aromatic rings. The maximum Gasteiger partial charge on any atom is 0.261 e. The number of nitrogens with zero attached hydrogens (tertiary/aromatic N) is 2.